The normalized spacial score (nSPS) is 15.6. The second-order valence-corrected chi connectivity index (χ2v) is 7.52. The number of nitrogens with two attached hydrogens (primary N) is 1. The predicted octanol–water partition coefficient (Wildman–Crippen LogP) is 1.70. The van der Waals surface area contributed by atoms with E-state index in [9.17, 15) is 14.4 Å². The number of carbonyl (C=O) groups is 3. The average Bonchev–Trinajstić information content (AvgIpc) is 3.22. The highest BCUT2D eigenvalue weighted by molar-refractivity contribution is 5.96. The van der Waals surface area contributed by atoms with Crippen molar-refractivity contribution in [2.75, 3.05) is 31.5 Å². The van der Waals surface area contributed by atoms with Gasteiger partial charge in [0.05, 0.1) is 0 Å². The molecule has 8 nitrogen and oxygen atoms in total. The first-order valence-corrected chi connectivity index (χ1v) is 10.4. The Morgan fingerprint density at radius 3 is 2.48 bits per heavy atom. The molecular formula is C23H29N5O3. The quantitative estimate of drug-likeness (QED) is 0.630. The minimum atomic E-state index is -1.00. The van der Waals surface area contributed by atoms with Gasteiger partial charge < -0.3 is 21.3 Å². The van der Waals surface area contributed by atoms with Crippen molar-refractivity contribution in [3.63, 3.8) is 0 Å². The molecule has 2 aromatic carbocycles. The molecule has 1 atom stereocenters. The Labute approximate surface area is 182 Å². The largest absolute Gasteiger partial charge is 0.351 e. The maximum atomic E-state index is 12.9. The Balaban J connectivity index is 1.72. The van der Waals surface area contributed by atoms with Crippen LogP contribution in [0.15, 0.2) is 54.6 Å². The molecule has 0 aromatic heterocycles. The van der Waals surface area contributed by atoms with E-state index in [2.05, 4.69) is 10.6 Å². The topological polar surface area (TPSA) is 108 Å². The molecule has 164 valence electrons. The molecule has 2 aromatic rings. The van der Waals surface area contributed by atoms with Gasteiger partial charge in [-0.2, -0.15) is 0 Å². The summed E-state index contributed by atoms with van der Waals surface area (Å²) in [7, 11) is 0. The number of hydrogen-bond acceptors (Lipinski definition) is 4. The van der Waals surface area contributed by atoms with Crippen LogP contribution in [-0.2, 0) is 16.0 Å². The summed E-state index contributed by atoms with van der Waals surface area (Å²) >= 11 is 0. The van der Waals surface area contributed by atoms with E-state index in [-0.39, 0.29) is 32.0 Å². The van der Waals surface area contributed by atoms with Crippen LogP contribution in [-0.4, -0.2) is 60.0 Å². The van der Waals surface area contributed by atoms with Gasteiger partial charge in [-0.15, -0.1) is 0 Å². The van der Waals surface area contributed by atoms with Gasteiger partial charge in [0.15, 0.2) is 6.17 Å². The molecule has 1 saturated heterocycles. The Morgan fingerprint density at radius 1 is 1.03 bits per heavy atom. The fraction of sp³-hybridized carbons (Fsp3) is 0.348. The number of amides is 4. The number of hydrogen-bond donors (Lipinski definition) is 3. The number of rotatable bonds is 7. The minimum absolute atomic E-state index is 0.164. The Hall–Kier alpha value is -3.39. The van der Waals surface area contributed by atoms with Gasteiger partial charge in [0.25, 0.3) is 5.91 Å². The van der Waals surface area contributed by atoms with Gasteiger partial charge in [0.1, 0.15) is 0 Å². The first kappa shape index (κ1) is 22.3. The molecule has 0 spiro atoms. The predicted molar refractivity (Wildman–Crippen MR) is 119 cm³/mol. The van der Waals surface area contributed by atoms with Gasteiger partial charge in [0, 0.05) is 38.3 Å². The second-order valence-electron chi connectivity index (χ2n) is 7.52. The molecule has 1 heterocycles. The first-order valence-electron chi connectivity index (χ1n) is 10.4. The molecule has 1 fully saturated rings. The van der Waals surface area contributed by atoms with Crippen LogP contribution in [0.1, 0.15) is 17.5 Å². The Bertz CT molecular complexity index is 918. The summed E-state index contributed by atoms with van der Waals surface area (Å²) in [5, 5.41) is 5.54. The molecule has 0 saturated carbocycles. The second kappa shape index (κ2) is 10.6. The van der Waals surface area contributed by atoms with Crippen LogP contribution in [0.2, 0.25) is 0 Å². The standard InChI is InChI=1S/C23H29N5O3/c1-17-6-5-9-19(16-17)26-23(31)28-15-14-27(22(28)21(30)25-13-12-24)20(29)11-10-18-7-3-2-4-8-18/h2-9,16,22H,10-15,24H2,1H3,(H,25,30)(H,26,31). The minimum Gasteiger partial charge on any atom is -0.351 e. The first-order chi connectivity index (χ1) is 15.0. The van der Waals surface area contributed by atoms with Crippen LogP contribution < -0.4 is 16.4 Å². The van der Waals surface area contributed by atoms with Crippen LogP contribution in [0.5, 0.6) is 0 Å². The van der Waals surface area contributed by atoms with Crippen molar-refractivity contribution in [1.82, 2.24) is 15.1 Å². The fourth-order valence-electron chi connectivity index (χ4n) is 3.63. The molecule has 8 heteroatoms. The maximum absolute atomic E-state index is 12.9. The summed E-state index contributed by atoms with van der Waals surface area (Å²) in [6.45, 7) is 3.05. The summed E-state index contributed by atoms with van der Waals surface area (Å²) in [6.07, 6.45) is -0.166. The SMILES string of the molecule is Cc1cccc(NC(=O)N2CCN(C(=O)CCc3ccccc3)C2C(=O)NCCN)c1. The molecule has 3 rings (SSSR count). The smallest absolute Gasteiger partial charge is 0.323 e. The van der Waals surface area contributed by atoms with Gasteiger partial charge in [-0.1, -0.05) is 42.5 Å². The highest BCUT2D eigenvalue weighted by atomic mass is 16.2. The number of anilines is 1. The lowest BCUT2D eigenvalue weighted by molar-refractivity contribution is -0.141. The lowest BCUT2D eigenvalue weighted by Gasteiger charge is -2.29. The van der Waals surface area contributed by atoms with E-state index in [4.69, 9.17) is 5.73 Å². The van der Waals surface area contributed by atoms with E-state index in [1.54, 1.807) is 6.07 Å². The third-order valence-electron chi connectivity index (χ3n) is 5.17. The van der Waals surface area contributed by atoms with E-state index in [1.165, 1.54) is 9.80 Å². The number of nitrogens with zero attached hydrogens (tertiary/aromatic N) is 2. The van der Waals surface area contributed by atoms with E-state index < -0.39 is 18.1 Å². The lowest BCUT2D eigenvalue weighted by atomic mass is 10.1. The third kappa shape index (κ3) is 5.82. The van der Waals surface area contributed by atoms with E-state index >= 15 is 0 Å². The highest BCUT2D eigenvalue weighted by Crippen LogP contribution is 2.20. The molecule has 1 aliphatic heterocycles. The van der Waals surface area contributed by atoms with Crippen LogP contribution in [0.4, 0.5) is 10.5 Å². The molecule has 1 aliphatic rings. The summed E-state index contributed by atoms with van der Waals surface area (Å²) in [4.78, 5) is 41.6. The van der Waals surface area contributed by atoms with Crippen molar-refractivity contribution in [3.05, 3.63) is 65.7 Å². The van der Waals surface area contributed by atoms with Gasteiger partial charge >= 0.3 is 6.03 Å². The zero-order chi connectivity index (χ0) is 22.2. The number of benzene rings is 2. The van der Waals surface area contributed by atoms with Gasteiger partial charge in [-0.05, 0) is 36.6 Å². The summed E-state index contributed by atoms with van der Waals surface area (Å²) in [5.41, 5.74) is 8.20. The van der Waals surface area contributed by atoms with Crippen molar-refractivity contribution in [2.45, 2.75) is 25.9 Å². The van der Waals surface area contributed by atoms with E-state index in [1.807, 2.05) is 55.5 Å². The average molecular weight is 424 g/mol. The summed E-state index contributed by atoms with van der Waals surface area (Å²) in [6, 6.07) is 16.7. The highest BCUT2D eigenvalue weighted by Gasteiger charge is 2.42. The van der Waals surface area contributed by atoms with Crippen LogP contribution >= 0.6 is 0 Å². The van der Waals surface area contributed by atoms with Crippen LogP contribution in [0.3, 0.4) is 0 Å². The molecule has 4 amide bonds. The summed E-state index contributed by atoms with van der Waals surface area (Å²) in [5.74, 6) is -0.571. The van der Waals surface area contributed by atoms with Gasteiger partial charge in [-0.25, -0.2) is 4.79 Å². The monoisotopic (exact) mass is 423 g/mol. The number of urea groups is 1. The molecular weight excluding hydrogens is 394 g/mol. The van der Waals surface area contributed by atoms with Gasteiger partial charge in [-0.3, -0.25) is 14.5 Å². The molecule has 31 heavy (non-hydrogen) atoms. The van der Waals surface area contributed by atoms with Crippen LogP contribution in [0.25, 0.3) is 0 Å². The van der Waals surface area contributed by atoms with Gasteiger partial charge in [0.2, 0.25) is 5.91 Å². The number of carbonyl (C=O) groups excluding carboxylic acids is 3. The fourth-order valence-corrected chi connectivity index (χ4v) is 3.63. The van der Waals surface area contributed by atoms with Crippen molar-refractivity contribution in [2.24, 2.45) is 5.73 Å². The summed E-state index contributed by atoms with van der Waals surface area (Å²) < 4.78 is 0. The maximum Gasteiger partial charge on any atom is 0.323 e. The van der Waals surface area contributed by atoms with E-state index in [0.717, 1.165) is 11.1 Å². The van der Waals surface area contributed by atoms with Crippen molar-refractivity contribution in [1.29, 1.82) is 0 Å². The third-order valence-corrected chi connectivity index (χ3v) is 5.17. The lowest BCUT2D eigenvalue weighted by Crippen LogP contribution is -2.55. The Kier molecular flexibility index (Phi) is 7.61. The molecule has 1 unspecified atom stereocenters. The molecule has 4 N–H and O–H groups in total. The van der Waals surface area contributed by atoms with Crippen molar-refractivity contribution < 1.29 is 14.4 Å². The number of nitrogens with one attached hydrogen (secondary N) is 2. The van der Waals surface area contributed by atoms with Crippen LogP contribution in [0, 0.1) is 6.92 Å². The van der Waals surface area contributed by atoms with Crippen molar-refractivity contribution in [3.8, 4) is 0 Å². The zero-order valence-electron chi connectivity index (χ0n) is 17.7. The molecule has 0 radical (unpaired) electrons. The van der Waals surface area contributed by atoms with E-state index in [0.29, 0.717) is 18.7 Å². The van der Waals surface area contributed by atoms with Crippen molar-refractivity contribution >= 4 is 23.5 Å². The number of aryl methyl sites for hydroxylation is 2. The molecule has 0 aliphatic carbocycles. The zero-order valence-corrected chi connectivity index (χ0v) is 17.7. The Morgan fingerprint density at radius 2 is 1.77 bits per heavy atom. The molecule has 0 bridgehead atoms.